The van der Waals surface area contributed by atoms with Crippen molar-refractivity contribution in [2.24, 2.45) is 0 Å². The third-order valence-electron chi connectivity index (χ3n) is 5.33. The summed E-state index contributed by atoms with van der Waals surface area (Å²) >= 11 is 0. The van der Waals surface area contributed by atoms with Crippen LogP contribution in [0.5, 0.6) is 0 Å². The lowest BCUT2D eigenvalue weighted by Crippen LogP contribution is -2.06. The first-order valence-corrected chi connectivity index (χ1v) is 11.3. The lowest BCUT2D eigenvalue weighted by molar-refractivity contribution is 0.0969. The average Bonchev–Trinajstić information content (AvgIpc) is 3.52. The van der Waals surface area contributed by atoms with Gasteiger partial charge in [-0.15, -0.1) is 10.2 Å². The molecule has 0 spiro atoms. The first kappa shape index (κ1) is 22.3. The maximum atomic E-state index is 12.4. The number of carbonyl (C=O) groups is 1. The van der Waals surface area contributed by atoms with E-state index in [0.29, 0.717) is 30.4 Å². The highest BCUT2D eigenvalue weighted by atomic mass is 16.1. The number of nitrogens with zero attached hydrogens (tertiary/aromatic N) is 6. The van der Waals surface area contributed by atoms with Gasteiger partial charge in [-0.05, 0) is 46.0 Å². The van der Waals surface area contributed by atoms with Crippen LogP contribution in [0.2, 0.25) is 0 Å². The van der Waals surface area contributed by atoms with Crippen LogP contribution >= 0.6 is 0 Å². The molecule has 0 bridgehead atoms. The number of tetrazole rings is 1. The van der Waals surface area contributed by atoms with Crippen molar-refractivity contribution in [3.05, 3.63) is 71.8 Å². The minimum absolute atomic E-state index is 0.00407. The lowest BCUT2D eigenvalue weighted by Gasteiger charge is -2.09. The topological polar surface area (TPSA) is 102 Å². The molecule has 0 aliphatic heterocycles. The standard InChI is InChI=1S/C25H27N7O/c1-3-5-11-22(33)25-26-23(12-6-4-2)32(29-25)17-18-13-15-19(16-14-18)20-9-7-8-10-21(20)24-27-30-31-28-24/h6-10,12-16H,3-5,11,17H2,1-2H3,(H,27,28,30,31)/b12-6+. The largest absolute Gasteiger partial charge is 0.291 e. The Kier molecular flexibility index (Phi) is 7.14. The Labute approximate surface area is 192 Å². The monoisotopic (exact) mass is 441 g/mol. The molecule has 8 nitrogen and oxygen atoms in total. The molecule has 0 saturated heterocycles. The van der Waals surface area contributed by atoms with Gasteiger partial charge in [0.1, 0.15) is 0 Å². The zero-order valence-electron chi connectivity index (χ0n) is 18.9. The van der Waals surface area contributed by atoms with Gasteiger partial charge in [0.2, 0.25) is 11.6 Å². The Morgan fingerprint density at radius 1 is 1.06 bits per heavy atom. The van der Waals surface area contributed by atoms with Crippen molar-refractivity contribution in [2.75, 3.05) is 0 Å². The van der Waals surface area contributed by atoms with Crippen molar-refractivity contribution >= 4 is 11.9 Å². The summed E-state index contributed by atoms with van der Waals surface area (Å²) < 4.78 is 1.80. The van der Waals surface area contributed by atoms with Gasteiger partial charge >= 0.3 is 0 Å². The van der Waals surface area contributed by atoms with Crippen LogP contribution in [0, 0.1) is 0 Å². The van der Waals surface area contributed by atoms with Gasteiger partial charge in [-0.1, -0.05) is 74.9 Å². The van der Waals surface area contributed by atoms with E-state index in [1.165, 1.54) is 0 Å². The van der Waals surface area contributed by atoms with Gasteiger partial charge in [-0.3, -0.25) is 4.79 Å². The normalized spacial score (nSPS) is 11.3. The lowest BCUT2D eigenvalue weighted by atomic mass is 9.98. The minimum Gasteiger partial charge on any atom is -0.291 e. The zero-order valence-corrected chi connectivity index (χ0v) is 18.9. The molecule has 0 amide bonds. The first-order valence-electron chi connectivity index (χ1n) is 11.3. The summed E-state index contributed by atoms with van der Waals surface area (Å²) in [4.78, 5) is 16.9. The molecule has 2 aromatic heterocycles. The number of rotatable bonds is 10. The number of aromatic nitrogens is 7. The van der Waals surface area contributed by atoms with Crippen molar-refractivity contribution in [1.82, 2.24) is 35.4 Å². The van der Waals surface area contributed by atoms with E-state index in [-0.39, 0.29) is 5.78 Å². The average molecular weight is 442 g/mol. The predicted molar refractivity (Wildman–Crippen MR) is 127 cm³/mol. The van der Waals surface area contributed by atoms with Crippen LogP contribution < -0.4 is 0 Å². The molecule has 0 aliphatic carbocycles. The van der Waals surface area contributed by atoms with Crippen LogP contribution in [0.25, 0.3) is 28.6 Å². The molecule has 0 radical (unpaired) electrons. The number of hydrogen-bond acceptors (Lipinski definition) is 6. The Morgan fingerprint density at radius 2 is 1.85 bits per heavy atom. The van der Waals surface area contributed by atoms with Crippen molar-refractivity contribution < 1.29 is 4.79 Å². The molecule has 2 aromatic carbocycles. The third kappa shape index (κ3) is 5.28. The summed E-state index contributed by atoms with van der Waals surface area (Å²) in [5, 5.41) is 18.8. The van der Waals surface area contributed by atoms with E-state index < -0.39 is 0 Å². The van der Waals surface area contributed by atoms with Gasteiger partial charge < -0.3 is 0 Å². The van der Waals surface area contributed by atoms with Crippen LogP contribution in [0.4, 0.5) is 0 Å². The van der Waals surface area contributed by atoms with Crippen LogP contribution in [-0.4, -0.2) is 41.2 Å². The molecule has 8 heteroatoms. The summed E-state index contributed by atoms with van der Waals surface area (Å²) in [6.07, 6.45) is 7.14. The number of nitrogens with one attached hydrogen (secondary N) is 1. The van der Waals surface area contributed by atoms with E-state index in [4.69, 9.17) is 0 Å². The highest BCUT2D eigenvalue weighted by Crippen LogP contribution is 2.29. The second kappa shape index (κ2) is 10.6. The van der Waals surface area contributed by atoms with E-state index in [2.05, 4.69) is 68.8 Å². The van der Waals surface area contributed by atoms with Crippen molar-refractivity contribution in [1.29, 1.82) is 0 Å². The molecular formula is C25H27N7O. The van der Waals surface area contributed by atoms with Crippen molar-refractivity contribution in [2.45, 2.75) is 46.1 Å². The molecule has 1 N–H and O–H groups in total. The number of H-pyrrole nitrogens is 1. The fourth-order valence-electron chi connectivity index (χ4n) is 3.56. The Hall–Kier alpha value is -3.94. The molecule has 0 aliphatic rings. The molecule has 168 valence electrons. The second-order valence-electron chi connectivity index (χ2n) is 7.78. The Bertz CT molecular complexity index is 1220. The van der Waals surface area contributed by atoms with E-state index in [0.717, 1.165) is 41.5 Å². The fourth-order valence-corrected chi connectivity index (χ4v) is 3.56. The quantitative estimate of drug-likeness (QED) is 0.349. The number of benzene rings is 2. The van der Waals surface area contributed by atoms with E-state index in [1.54, 1.807) is 4.68 Å². The molecular weight excluding hydrogens is 414 g/mol. The smallest absolute Gasteiger partial charge is 0.217 e. The molecule has 0 atom stereocenters. The van der Waals surface area contributed by atoms with Gasteiger partial charge in [-0.25, -0.2) is 14.8 Å². The number of carbonyl (C=O) groups excluding carboxylic acids is 1. The third-order valence-corrected chi connectivity index (χ3v) is 5.33. The number of hydrogen-bond donors (Lipinski definition) is 1. The number of aromatic amines is 1. The molecule has 4 rings (SSSR count). The fraction of sp³-hybridized carbons (Fsp3) is 0.280. The molecule has 0 unspecified atom stereocenters. The van der Waals surface area contributed by atoms with Crippen LogP contribution in [0.1, 0.15) is 61.5 Å². The molecule has 0 fully saturated rings. The maximum Gasteiger partial charge on any atom is 0.217 e. The van der Waals surface area contributed by atoms with E-state index in [1.807, 2.05) is 36.4 Å². The Balaban J connectivity index is 1.58. The van der Waals surface area contributed by atoms with Gasteiger partial charge in [-0.2, -0.15) is 0 Å². The van der Waals surface area contributed by atoms with Crippen LogP contribution in [0.15, 0.2) is 54.6 Å². The minimum atomic E-state index is -0.00407. The summed E-state index contributed by atoms with van der Waals surface area (Å²) in [7, 11) is 0. The van der Waals surface area contributed by atoms with Crippen LogP contribution in [-0.2, 0) is 6.54 Å². The SMILES string of the molecule is CC/C=C/c1nc(C(=O)CCCC)nn1Cc1ccc(-c2ccccc2-c2nnn[nH]2)cc1. The van der Waals surface area contributed by atoms with Gasteiger partial charge in [0.25, 0.3) is 0 Å². The number of Topliss-reactive ketones (excluding diaryl/α,β-unsaturated/α-hetero) is 1. The maximum absolute atomic E-state index is 12.4. The number of allylic oxidation sites excluding steroid dienone is 1. The molecule has 2 heterocycles. The molecule has 0 saturated carbocycles. The van der Waals surface area contributed by atoms with Gasteiger partial charge in [0.05, 0.1) is 6.54 Å². The highest BCUT2D eigenvalue weighted by Gasteiger charge is 2.15. The predicted octanol–water partition coefficient (Wildman–Crippen LogP) is 4.97. The van der Waals surface area contributed by atoms with Crippen LogP contribution in [0.3, 0.4) is 0 Å². The number of ketones is 1. The first-order chi connectivity index (χ1) is 16.2. The molecule has 4 aromatic rings. The molecule has 33 heavy (non-hydrogen) atoms. The van der Waals surface area contributed by atoms with Gasteiger partial charge in [0, 0.05) is 12.0 Å². The Morgan fingerprint density at radius 3 is 2.55 bits per heavy atom. The van der Waals surface area contributed by atoms with Crippen molar-refractivity contribution in [3.63, 3.8) is 0 Å². The van der Waals surface area contributed by atoms with E-state index in [9.17, 15) is 4.79 Å². The summed E-state index contributed by atoms with van der Waals surface area (Å²) in [6.45, 7) is 4.67. The van der Waals surface area contributed by atoms with E-state index >= 15 is 0 Å². The summed E-state index contributed by atoms with van der Waals surface area (Å²) in [5.41, 5.74) is 4.11. The zero-order chi connectivity index (χ0) is 23.0. The second-order valence-corrected chi connectivity index (χ2v) is 7.78. The highest BCUT2D eigenvalue weighted by molar-refractivity contribution is 5.92. The van der Waals surface area contributed by atoms with Crippen molar-refractivity contribution in [3.8, 4) is 22.5 Å². The van der Waals surface area contributed by atoms with Gasteiger partial charge in [0.15, 0.2) is 11.6 Å². The number of unbranched alkanes of at least 4 members (excludes halogenated alkanes) is 1. The summed E-state index contributed by atoms with van der Waals surface area (Å²) in [5.74, 6) is 1.62. The summed E-state index contributed by atoms with van der Waals surface area (Å²) in [6, 6.07) is 16.3.